The summed E-state index contributed by atoms with van der Waals surface area (Å²) < 4.78 is 13.9. The zero-order valence-electron chi connectivity index (χ0n) is 15.3. The number of amides is 1. The van der Waals surface area contributed by atoms with Crippen LogP contribution in [0.2, 0.25) is 0 Å². The molecule has 0 radical (unpaired) electrons. The molecule has 3 rings (SSSR count). The summed E-state index contributed by atoms with van der Waals surface area (Å²) in [7, 11) is 0. The standard InChI is InChI=1S/C22H27FN2O/c1-17(11-12-18-7-3-2-4-8-18)24-22(26)16-25(20-13-14-20)15-19-9-5-6-10-21(19)23/h2-10,17,20H,11-16H2,1H3,(H,24,26)/t17-/m0/s1. The minimum Gasteiger partial charge on any atom is -0.353 e. The van der Waals surface area contributed by atoms with Crippen LogP contribution in [0.25, 0.3) is 0 Å². The van der Waals surface area contributed by atoms with Crippen LogP contribution in [-0.2, 0) is 17.8 Å². The Kier molecular flexibility index (Phi) is 6.40. The van der Waals surface area contributed by atoms with Crippen molar-refractivity contribution in [2.75, 3.05) is 6.54 Å². The van der Waals surface area contributed by atoms with E-state index in [2.05, 4.69) is 22.3 Å². The number of nitrogens with zero attached hydrogens (tertiary/aromatic N) is 1. The van der Waals surface area contributed by atoms with Crippen molar-refractivity contribution in [3.63, 3.8) is 0 Å². The number of carbonyl (C=O) groups is 1. The van der Waals surface area contributed by atoms with Gasteiger partial charge in [-0.2, -0.15) is 0 Å². The maximum atomic E-state index is 13.9. The van der Waals surface area contributed by atoms with Crippen molar-refractivity contribution < 1.29 is 9.18 Å². The van der Waals surface area contributed by atoms with Gasteiger partial charge < -0.3 is 5.32 Å². The van der Waals surface area contributed by atoms with Crippen LogP contribution >= 0.6 is 0 Å². The molecular formula is C22H27FN2O. The second-order valence-corrected chi connectivity index (χ2v) is 7.22. The van der Waals surface area contributed by atoms with Gasteiger partial charge in [0, 0.05) is 24.2 Å². The molecule has 0 aliphatic heterocycles. The molecule has 0 spiro atoms. The van der Waals surface area contributed by atoms with E-state index in [1.165, 1.54) is 11.6 Å². The Morgan fingerprint density at radius 1 is 1.15 bits per heavy atom. The van der Waals surface area contributed by atoms with E-state index >= 15 is 0 Å². The van der Waals surface area contributed by atoms with Crippen LogP contribution in [-0.4, -0.2) is 29.4 Å². The van der Waals surface area contributed by atoms with E-state index in [0.29, 0.717) is 24.7 Å². The monoisotopic (exact) mass is 354 g/mol. The summed E-state index contributed by atoms with van der Waals surface area (Å²) in [5, 5.41) is 3.09. The summed E-state index contributed by atoms with van der Waals surface area (Å²) in [4.78, 5) is 14.5. The van der Waals surface area contributed by atoms with Crippen molar-refractivity contribution in [3.8, 4) is 0 Å². The summed E-state index contributed by atoms with van der Waals surface area (Å²) in [6.07, 6.45) is 4.03. The van der Waals surface area contributed by atoms with Crippen LogP contribution in [0.15, 0.2) is 54.6 Å². The minimum atomic E-state index is -0.199. The molecule has 26 heavy (non-hydrogen) atoms. The number of carbonyl (C=O) groups excluding carboxylic acids is 1. The second-order valence-electron chi connectivity index (χ2n) is 7.22. The zero-order valence-corrected chi connectivity index (χ0v) is 15.3. The summed E-state index contributed by atoms with van der Waals surface area (Å²) in [6, 6.07) is 17.6. The maximum Gasteiger partial charge on any atom is 0.234 e. The first-order valence-corrected chi connectivity index (χ1v) is 9.42. The van der Waals surface area contributed by atoms with E-state index in [0.717, 1.165) is 25.7 Å². The van der Waals surface area contributed by atoms with Gasteiger partial charge in [0.2, 0.25) is 5.91 Å². The molecule has 2 aromatic rings. The van der Waals surface area contributed by atoms with Gasteiger partial charge in [0.25, 0.3) is 0 Å². The van der Waals surface area contributed by atoms with Gasteiger partial charge in [-0.25, -0.2) is 4.39 Å². The predicted octanol–water partition coefficient (Wildman–Crippen LogP) is 3.93. The number of aryl methyl sites for hydroxylation is 1. The molecule has 1 saturated carbocycles. The molecule has 1 N–H and O–H groups in total. The summed E-state index contributed by atoms with van der Waals surface area (Å²) in [5.41, 5.74) is 1.94. The van der Waals surface area contributed by atoms with Crippen molar-refractivity contribution in [1.29, 1.82) is 0 Å². The lowest BCUT2D eigenvalue weighted by Gasteiger charge is -2.23. The van der Waals surface area contributed by atoms with Gasteiger partial charge in [-0.3, -0.25) is 9.69 Å². The fourth-order valence-electron chi connectivity index (χ4n) is 3.20. The summed E-state index contributed by atoms with van der Waals surface area (Å²) in [5.74, 6) is -0.177. The molecular weight excluding hydrogens is 327 g/mol. The highest BCUT2D eigenvalue weighted by atomic mass is 19.1. The fourth-order valence-corrected chi connectivity index (χ4v) is 3.20. The van der Waals surface area contributed by atoms with Gasteiger partial charge in [-0.1, -0.05) is 48.5 Å². The van der Waals surface area contributed by atoms with Gasteiger partial charge in [-0.15, -0.1) is 0 Å². The van der Waals surface area contributed by atoms with Crippen LogP contribution in [0, 0.1) is 5.82 Å². The molecule has 0 unspecified atom stereocenters. The lowest BCUT2D eigenvalue weighted by atomic mass is 10.1. The normalized spacial score (nSPS) is 15.0. The van der Waals surface area contributed by atoms with Gasteiger partial charge in [0.05, 0.1) is 6.54 Å². The van der Waals surface area contributed by atoms with E-state index in [1.807, 2.05) is 31.2 Å². The number of rotatable bonds is 9. The zero-order chi connectivity index (χ0) is 18.4. The van der Waals surface area contributed by atoms with Crippen LogP contribution < -0.4 is 5.32 Å². The van der Waals surface area contributed by atoms with Gasteiger partial charge in [0.15, 0.2) is 0 Å². The van der Waals surface area contributed by atoms with Crippen molar-refractivity contribution in [3.05, 3.63) is 71.5 Å². The molecule has 1 aliphatic rings. The molecule has 1 amide bonds. The van der Waals surface area contributed by atoms with Crippen LogP contribution in [0.1, 0.15) is 37.3 Å². The predicted molar refractivity (Wildman–Crippen MR) is 102 cm³/mol. The largest absolute Gasteiger partial charge is 0.353 e. The Labute approximate surface area is 155 Å². The average Bonchev–Trinajstić information content (AvgIpc) is 3.47. The van der Waals surface area contributed by atoms with E-state index in [4.69, 9.17) is 0 Å². The highest BCUT2D eigenvalue weighted by molar-refractivity contribution is 5.78. The van der Waals surface area contributed by atoms with Crippen LogP contribution in [0.3, 0.4) is 0 Å². The van der Waals surface area contributed by atoms with Crippen molar-refractivity contribution in [2.24, 2.45) is 0 Å². The lowest BCUT2D eigenvalue weighted by molar-refractivity contribution is -0.123. The third kappa shape index (κ3) is 5.67. The smallest absolute Gasteiger partial charge is 0.234 e. The van der Waals surface area contributed by atoms with Gasteiger partial charge in [0.1, 0.15) is 5.82 Å². The third-order valence-corrected chi connectivity index (χ3v) is 4.86. The fraction of sp³-hybridized carbons (Fsp3) is 0.409. The second kappa shape index (κ2) is 8.95. The van der Waals surface area contributed by atoms with Crippen LogP contribution in [0.4, 0.5) is 4.39 Å². The lowest BCUT2D eigenvalue weighted by Crippen LogP contribution is -2.41. The number of benzene rings is 2. The van der Waals surface area contributed by atoms with E-state index < -0.39 is 0 Å². The van der Waals surface area contributed by atoms with E-state index in [9.17, 15) is 9.18 Å². The molecule has 4 heteroatoms. The molecule has 1 atom stereocenters. The van der Waals surface area contributed by atoms with Crippen molar-refractivity contribution in [1.82, 2.24) is 10.2 Å². The highest BCUT2D eigenvalue weighted by Gasteiger charge is 2.30. The number of hydrogen-bond donors (Lipinski definition) is 1. The van der Waals surface area contributed by atoms with Crippen molar-refractivity contribution in [2.45, 2.75) is 51.2 Å². The third-order valence-electron chi connectivity index (χ3n) is 4.86. The minimum absolute atomic E-state index is 0.0220. The molecule has 1 fully saturated rings. The Hall–Kier alpha value is -2.20. The highest BCUT2D eigenvalue weighted by Crippen LogP contribution is 2.28. The number of hydrogen-bond acceptors (Lipinski definition) is 2. The topological polar surface area (TPSA) is 32.3 Å². The molecule has 138 valence electrons. The Morgan fingerprint density at radius 3 is 2.54 bits per heavy atom. The molecule has 0 saturated heterocycles. The van der Waals surface area contributed by atoms with Gasteiger partial charge >= 0.3 is 0 Å². The van der Waals surface area contributed by atoms with Crippen LogP contribution in [0.5, 0.6) is 0 Å². The van der Waals surface area contributed by atoms with Crippen molar-refractivity contribution >= 4 is 5.91 Å². The average molecular weight is 354 g/mol. The molecule has 3 nitrogen and oxygen atoms in total. The molecule has 0 heterocycles. The first-order chi connectivity index (χ1) is 12.6. The SMILES string of the molecule is C[C@@H](CCc1ccccc1)NC(=O)CN(Cc1ccccc1F)C1CC1. The van der Waals surface area contributed by atoms with Gasteiger partial charge in [-0.05, 0) is 44.2 Å². The molecule has 0 aromatic heterocycles. The number of nitrogens with one attached hydrogen (secondary N) is 1. The first-order valence-electron chi connectivity index (χ1n) is 9.42. The Balaban J connectivity index is 1.48. The molecule has 1 aliphatic carbocycles. The van der Waals surface area contributed by atoms with E-state index in [-0.39, 0.29) is 17.8 Å². The molecule has 0 bridgehead atoms. The Bertz CT molecular complexity index is 715. The Morgan fingerprint density at radius 2 is 1.85 bits per heavy atom. The summed E-state index contributed by atoms with van der Waals surface area (Å²) >= 11 is 0. The number of halogens is 1. The molecule has 2 aromatic carbocycles. The maximum absolute atomic E-state index is 13.9. The van der Waals surface area contributed by atoms with E-state index in [1.54, 1.807) is 12.1 Å². The quantitative estimate of drug-likeness (QED) is 0.740. The first kappa shape index (κ1) is 18.6. The summed E-state index contributed by atoms with van der Waals surface area (Å²) in [6.45, 7) is 2.86.